The molecule has 112 valence electrons. The number of thioether (sulfide) groups is 1. The van der Waals surface area contributed by atoms with Crippen molar-refractivity contribution in [2.24, 2.45) is 17.6 Å². The van der Waals surface area contributed by atoms with Crippen LogP contribution in [0.4, 0.5) is 0 Å². The zero-order valence-electron chi connectivity index (χ0n) is 12.7. The summed E-state index contributed by atoms with van der Waals surface area (Å²) in [6, 6.07) is 0.392. The third-order valence-electron chi connectivity index (χ3n) is 5.14. The minimum Gasteiger partial charge on any atom is -0.374 e. The van der Waals surface area contributed by atoms with Crippen LogP contribution in [0.1, 0.15) is 58.8 Å². The number of unbranched alkanes of at least 4 members (excludes halogenated alkanes) is 1. The highest BCUT2D eigenvalue weighted by Crippen LogP contribution is 2.42. The Balaban J connectivity index is 1.91. The molecular formula is C16H31NOS. The van der Waals surface area contributed by atoms with Crippen molar-refractivity contribution in [1.29, 1.82) is 0 Å². The molecule has 0 saturated carbocycles. The quantitative estimate of drug-likeness (QED) is 0.805. The van der Waals surface area contributed by atoms with Crippen LogP contribution in [-0.4, -0.2) is 29.8 Å². The molecule has 2 N–H and O–H groups in total. The van der Waals surface area contributed by atoms with Crippen molar-refractivity contribution in [3.05, 3.63) is 0 Å². The Morgan fingerprint density at radius 1 is 1.42 bits per heavy atom. The van der Waals surface area contributed by atoms with E-state index in [0.29, 0.717) is 17.9 Å². The molecule has 4 unspecified atom stereocenters. The standard InChI is InChI=1S/C16H31NOS/c1-3-5-6-13(4-2)15(17)14-7-9-18-16(11-14)8-10-19-12-16/h13-15H,3-12,17H2,1-2H3. The molecule has 0 bridgehead atoms. The molecule has 3 heteroatoms. The Kier molecular flexibility index (Phi) is 6.04. The fourth-order valence-electron chi connectivity index (χ4n) is 3.78. The number of hydrogen-bond acceptors (Lipinski definition) is 3. The van der Waals surface area contributed by atoms with Crippen molar-refractivity contribution in [2.45, 2.75) is 70.4 Å². The maximum Gasteiger partial charge on any atom is 0.0783 e. The van der Waals surface area contributed by atoms with Crippen molar-refractivity contribution >= 4 is 11.8 Å². The van der Waals surface area contributed by atoms with Crippen LogP contribution < -0.4 is 5.73 Å². The molecule has 1 spiro atoms. The van der Waals surface area contributed by atoms with Crippen LogP contribution in [0.25, 0.3) is 0 Å². The summed E-state index contributed by atoms with van der Waals surface area (Å²) in [4.78, 5) is 0. The third-order valence-corrected chi connectivity index (χ3v) is 6.36. The molecule has 0 radical (unpaired) electrons. The summed E-state index contributed by atoms with van der Waals surface area (Å²) in [6.45, 7) is 5.52. The Morgan fingerprint density at radius 3 is 2.89 bits per heavy atom. The fourth-order valence-corrected chi connectivity index (χ4v) is 5.16. The number of nitrogens with two attached hydrogens (primary N) is 1. The summed E-state index contributed by atoms with van der Waals surface area (Å²) < 4.78 is 6.12. The first-order valence-electron chi connectivity index (χ1n) is 8.18. The van der Waals surface area contributed by atoms with E-state index in [0.717, 1.165) is 6.61 Å². The van der Waals surface area contributed by atoms with Gasteiger partial charge in [-0.25, -0.2) is 0 Å². The van der Waals surface area contributed by atoms with E-state index >= 15 is 0 Å². The fraction of sp³-hybridized carbons (Fsp3) is 1.00. The predicted molar refractivity (Wildman–Crippen MR) is 84.6 cm³/mol. The first kappa shape index (κ1) is 15.7. The molecule has 2 fully saturated rings. The SMILES string of the molecule is CCCCC(CC)C(N)C1CCOC2(CCSC2)C1. The number of rotatable bonds is 6. The summed E-state index contributed by atoms with van der Waals surface area (Å²) in [5.74, 6) is 3.88. The normalized spacial score (nSPS) is 34.6. The second kappa shape index (κ2) is 7.33. The molecule has 2 aliphatic rings. The third kappa shape index (κ3) is 3.89. The summed E-state index contributed by atoms with van der Waals surface area (Å²) in [5.41, 5.74) is 6.82. The van der Waals surface area contributed by atoms with Gasteiger partial charge in [0.2, 0.25) is 0 Å². The number of hydrogen-bond donors (Lipinski definition) is 1. The van der Waals surface area contributed by atoms with Crippen LogP contribution >= 0.6 is 11.8 Å². The predicted octanol–water partition coefficient (Wildman–Crippen LogP) is 3.83. The summed E-state index contributed by atoms with van der Waals surface area (Å²) in [6.07, 6.45) is 8.80. The van der Waals surface area contributed by atoms with Crippen LogP contribution in [0.2, 0.25) is 0 Å². The highest BCUT2D eigenvalue weighted by Gasteiger charge is 2.42. The van der Waals surface area contributed by atoms with Crippen molar-refractivity contribution in [3.8, 4) is 0 Å². The molecule has 2 aliphatic heterocycles. The zero-order chi connectivity index (χ0) is 13.7. The zero-order valence-corrected chi connectivity index (χ0v) is 13.5. The minimum atomic E-state index is 0.189. The molecule has 0 aromatic rings. The molecule has 0 aromatic heterocycles. The van der Waals surface area contributed by atoms with Gasteiger partial charge in [-0.2, -0.15) is 11.8 Å². The van der Waals surface area contributed by atoms with Gasteiger partial charge < -0.3 is 10.5 Å². The van der Waals surface area contributed by atoms with Gasteiger partial charge in [-0.15, -0.1) is 0 Å². The lowest BCUT2D eigenvalue weighted by Crippen LogP contribution is -2.47. The van der Waals surface area contributed by atoms with Crippen LogP contribution in [0, 0.1) is 11.8 Å². The molecule has 0 aliphatic carbocycles. The van der Waals surface area contributed by atoms with E-state index in [1.807, 2.05) is 0 Å². The van der Waals surface area contributed by atoms with Crippen LogP contribution in [-0.2, 0) is 4.74 Å². The Morgan fingerprint density at radius 2 is 2.26 bits per heavy atom. The van der Waals surface area contributed by atoms with E-state index in [2.05, 4.69) is 25.6 Å². The topological polar surface area (TPSA) is 35.2 Å². The van der Waals surface area contributed by atoms with Crippen LogP contribution in [0.15, 0.2) is 0 Å². The molecule has 19 heavy (non-hydrogen) atoms. The molecule has 2 heterocycles. The molecule has 0 amide bonds. The molecule has 0 aromatic carbocycles. The summed E-state index contributed by atoms with van der Waals surface area (Å²) in [5, 5.41) is 0. The molecule has 2 saturated heterocycles. The first-order valence-corrected chi connectivity index (χ1v) is 9.33. The number of ether oxygens (including phenoxy) is 1. The lowest BCUT2D eigenvalue weighted by molar-refractivity contribution is -0.0862. The van der Waals surface area contributed by atoms with Gasteiger partial charge >= 0.3 is 0 Å². The van der Waals surface area contributed by atoms with Crippen molar-refractivity contribution in [2.75, 3.05) is 18.1 Å². The minimum absolute atomic E-state index is 0.189. The lowest BCUT2D eigenvalue weighted by atomic mass is 9.75. The Labute approximate surface area is 123 Å². The van der Waals surface area contributed by atoms with Gasteiger partial charge in [0, 0.05) is 18.4 Å². The summed E-state index contributed by atoms with van der Waals surface area (Å²) in [7, 11) is 0. The van der Waals surface area contributed by atoms with E-state index in [1.165, 1.54) is 56.5 Å². The summed E-state index contributed by atoms with van der Waals surface area (Å²) >= 11 is 2.06. The van der Waals surface area contributed by atoms with Crippen molar-refractivity contribution < 1.29 is 4.74 Å². The van der Waals surface area contributed by atoms with E-state index in [1.54, 1.807) is 0 Å². The smallest absolute Gasteiger partial charge is 0.0783 e. The monoisotopic (exact) mass is 285 g/mol. The lowest BCUT2D eigenvalue weighted by Gasteiger charge is -2.42. The van der Waals surface area contributed by atoms with Gasteiger partial charge in [0.1, 0.15) is 0 Å². The maximum absolute atomic E-state index is 6.63. The highest BCUT2D eigenvalue weighted by atomic mass is 32.2. The van der Waals surface area contributed by atoms with E-state index in [-0.39, 0.29) is 5.60 Å². The van der Waals surface area contributed by atoms with Crippen molar-refractivity contribution in [3.63, 3.8) is 0 Å². The van der Waals surface area contributed by atoms with Crippen LogP contribution in [0.3, 0.4) is 0 Å². The van der Waals surface area contributed by atoms with E-state index in [4.69, 9.17) is 10.5 Å². The second-order valence-corrected chi connectivity index (χ2v) is 7.58. The van der Waals surface area contributed by atoms with Gasteiger partial charge in [-0.05, 0) is 43.3 Å². The average Bonchev–Trinajstić information content (AvgIpc) is 2.87. The molecule has 2 nitrogen and oxygen atoms in total. The van der Waals surface area contributed by atoms with Crippen LogP contribution in [0.5, 0.6) is 0 Å². The molecule has 2 rings (SSSR count). The average molecular weight is 285 g/mol. The van der Waals surface area contributed by atoms with Gasteiger partial charge in [-0.3, -0.25) is 0 Å². The highest BCUT2D eigenvalue weighted by molar-refractivity contribution is 7.99. The van der Waals surface area contributed by atoms with Gasteiger partial charge in [-0.1, -0.05) is 33.1 Å². The largest absolute Gasteiger partial charge is 0.374 e. The molecule has 4 atom stereocenters. The second-order valence-electron chi connectivity index (χ2n) is 6.47. The van der Waals surface area contributed by atoms with E-state index in [9.17, 15) is 0 Å². The van der Waals surface area contributed by atoms with Gasteiger partial charge in [0.25, 0.3) is 0 Å². The Bertz CT molecular complexity index is 265. The van der Waals surface area contributed by atoms with Crippen molar-refractivity contribution in [1.82, 2.24) is 0 Å². The maximum atomic E-state index is 6.63. The Hall–Kier alpha value is 0.270. The van der Waals surface area contributed by atoms with Gasteiger partial charge in [0.15, 0.2) is 0 Å². The molecular weight excluding hydrogens is 254 g/mol. The van der Waals surface area contributed by atoms with Gasteiger partial charge in [0.05, 0.1) is 5.60 Å². The first-order chi connectivity index (χ1) is 9.21. The van der Waals surface area contributed by atoms with E-state index < -0.39 is 0 Å².